The number of hydrogen-bond acceptors (Lipinski definition) is 4. The SMILES string of the molecule is O=C([C@@H]1CCCN(S(=O)(=O)c2cc(Cl)ccc2Cl)C1)N1CCN(c2ccccc2F)CC1. The molecule has 2 heterocycles. The lowest BCUT2D eigenvalue weighted by atomic mass is 9.97. The summed E-state index contributed by atoms with van der Waals surface area (Å²) < 4.78 is 41.7. The van der Waals surface area contributed by atoms with Gasteiger partial charge in [0.05, 0.1) is 16.6 Å². The maximum absolute atomic E-state index is 14.1. The van der Waals surface area contributed by atoms with Crippen LogP contribution in [-0.4, -0.2) is 62.8 Å². The monoisotopic (exact) mass is 499 g/mol. The molecule has 2 saturated heterocycles. The van der Waals surface area contributed by atoms with Gasteiger partial charge >= 0.3 is 0 Å². The Kier molecular flexibility index (Phi) is 6.95. The van der Waals surface area contributed by atoms with E-state index in [1.165, 1.54) is 28.6 Å². The van der Waals surface area contributed by atoms with Gasteiger partial charge in [0.2, 0.25) is 15.9 Å². The van der Waals surface area contributed by atoms with Crippen molar-refractivity contribution in [3.8, 4) is 0 Å². The summed E-state index contributed by atoms with van der Waals surface area (Å²) in [5, 5.41) is 0.387. The number of piperidine rings is 1. The van der Waals surface area contributed by atoms with E-state index >= 15 is 0 Å². The van der Waals surface area contributed by atoms with E-state index in [0.717, 1.165) is 0 Å². The van der Waals surface area contributed by atoms with Gasteiger partial charge in [-0.15, -0.1) is 0 Å². The lowest BCUT2D eigenvalue weighted by Crippen LogP contribution is -2.53. The molecule has 10 heteroatoms. The number of sulfonamides is 1. The van der Waals surface area contributed by atoms with Crippen LogP contribution in [-0.2, 0) is 14.8 Å². The van der Waals surface area contributed by atoms with Crippen LogP contribution >= 0.6 is 23.2 Å². The smallest absolute Gasteiger partial charge is 0.244 e. The molecule has 32 heavy (non-hydrogen) atoms. The second-order valence-electron chi connectivity index (χ2n) is 8.04. The largest absolute Gasteiger partial charge is 0.366 e. The Balaban J connectivity index is 1.42. The van der Waals surface area contributed by atoms with Crippen LogP contribution < -0.4 is 4.90 Å². The molecule has 0 radical (unpaired) electrons. The highest BCUT2D eigenvalue weighted by atomic mass is 35.5. The molecule has 2 aliphatic rings. The van der Waals surface area contributed by atoms with Gasteiger partial charge in [-0.05, 0) is 43.2 Å². The van der Waals surface area contributed by atoms with Crippen molar-refractivity contribution < 1.29 is 17.6 Å². The maximum atomic E-state index is 14.1. The van der Waals surface area contributed by atoms with Crippen LogP contribution in [0.2, 0.25) is 10.0 Å². The van der Waals surface area contributed by atoms with Gasteiger partial charge < -0.3 is 9.80 Å². The Morgan fingerprint density at radius 1 is 1.00 bits per heavy atom. The molecular formula is C22H24Cl2FN3O3S. The molecule has 1 atom stereocenters. The highest BCUT2D eigenvalue weighted by Gasteiger charge is 2.36. The van der Waals surface area contributed by atoms with Crippen LogP contribution in [0.4, 0.5) is 10.1 Å². The summed E-state index contributed by atoms with van der Waals surface area (Å²) in [6.07, 6.45) is 1.21. The molecule has 4 rings (SSSR count). The molecule has 172 valence electrons. The van der Waals surface area contributed by atoms with Crippen LogP contribution in [0.5, 0.6) is 0 Å². The second-order valence-corrected chi connectivity index (χ2v) is 10.8. The standard InChI is InChI=1S/C22H24Cl2FN3O3S/c23-17-7-8-18(24)21(14-17)32(30,31)28-9-3-4-16(15-28)22(29)27-12-10-26(11-13-27)20-6-2-1-5-19(20)25/h1-2,5-8,14,16H,3-4,9-13,15H2/t16-/m1/s1. The average Bonchev–Trinajstić information content (AvgIpc) is 2.80. The highest BCUT2D eigenvalue weighted by molar-refractivity contribution is 7.89. The van der Waals surface area contributed by atoms with Crippen molar-refractivity contribution in [1.82, 2.24) is 9.21 Å². The molecule has 2 fully saturated rings. The van der Waals surface area contributed by atoms with Gasteiger partial charge in [-0.3, -0.25) is 4.79 Å². The van der Waals surface area contributed by atoms with E-state index < -0.39 is 15.9 Å². The molecule has 0 N–H and O–H groups in total. The molecule has 0 bridgehead atoms. The minimum absolute atomic E-state index is 0.0433. The van der Waals surface area contributed by atoms with Gasteiger partial charge in [0.1, 0.15) is 10.7 Å². The van der Waals surface area contributed by atoms with Crippen LogP contribution in [0.25, 0.3) is 0 Å². The normalized spacial score (nSPS) is 20.4. The van der Waals surface area contributed by atoms with Gasteiger partial charge in [-0.2, -0.15) is 4.31 Å². The number of anilines is 1. The van der Waals surface area contributed by atoms with Crippen molar-refractivity contribution >= 4 is 44.8 Å². The fourth-order valence-corrected chi connectivity index (χ4v) is 6.57. The number of para-hydroxylation sites is 1. The molecule has 0 saturated carbocycles. The Morgan fingerprint density at radius 3 is 2.44 bits per heavy atom. The third-order valence-electron chi connectivity index (χ3n) is 6.03. The van der Waals surface area contributed by atoms with E-state index in [4.69, 9.17) is 23.2 Å². The number of carbonyl (C=O) groups is 1. The van der Waals surface area contributed by atoms with Crippen LogP contribution in [0.3, 0.4) is 0 Å². The van der Waals surface area contributed by atoms with E-state index in [0.29, 0.717) is 51.3 Å². The van der Waals surface area contributed by atoms with Crippen LogP contribution in [0.15, 0.2) is 47.4 Å². The summed E-state index contributed by atoms with van der Waals surface area (Å²) in [6, 6.07) is 10.9. The third-order valence-corrected chi connectivity index (χ3v) is 8.61. The first-order chi connectivity index (χ1) is 15.3. The zero-order chi connectivity index (χ0) is 22.9. The zero-order valence-electron chi connectivity index (χ0n) is 17.4. The number of amides is 1. The van der Waals surface area contributed by atoms with Gasteiger partial charge in [-0.25, -0.2) is 12.8 Å². The molecule has 0 aromatic heterocycles. The summed E-state index contributed by atoms with van der Waals surface area (Å²) >= 11 is 12.1. The fourth-order valence-electron chi connectivity index (χ4n) is 4.31. The number of rotatable bonds is 4. The second kappa shape index (κ2) is 9.55. The maximum Gasteiger partial charge on any atom is 0.244 e. The number of benzene rings is 2. The van der Waals surface area contributed by atoms with E-state index in [9.17, 15) is 17.6 Å². The van der Waals surface area contributed by atoms with Gasteiger partial charge in [0.15, 0.2) is 0 Å². The number of nitrogens with zero attached hydrogens (tertiary/aromatic N) is 3. The first kappa shape index (κ1) is 23.3. The molecule has 0 unspecified atom stereocenters. The Bertz CT molecular complexity index is 1110. The number of halogens is 3. The quantitative estimate of drug-likeness (QED) is 0.640. The summed E-state index contributed by atoms with van der Waals surface area (Å²) in [4.78, 5) is 16.8. The van der Waals surface area contributed by atoms with Crippen LogP contribution in [0.1, 0.15) is 12.8 Å². The Morgan fingerprint density at radius 2 is 1.72 bits per heavy atom. The minimum atomic E-state index is -3.87. The van der Waals surface area contributed by atoms with E-state index in [-0.39, 0.29) is 33.2 Å². The van der Waals surface area contributed by atoms with Crippen LogP contribution in [0, 0.1) is 11.7 Å². The van der Waals surface area contributed by atoms with E-state index in [2.05, 4.69) is 0 Å². The number of hydrogen-bond donors (Lipinski definition) is 0. The van der Waals surface area contributed by atoms with Crippen molar-refractivity contribution in [3.05, 3.63) is 58.3 Å². The predicted molar refractivity (Wildman–Crippen MR) is 123 cm³/mol. The molecule has 0 aliphatic carbocycles. The van der Waals surface area contributed by atoms with Crippen molar-refractivity contribution in [2.75, 3.05) is 44.2 Å². The predicted octanol–water partition coefficient (Wildman–Crippen LogP) is 3.88. The first-order valence-corrected chi connectivity index (χ1v) is 12.7. The Labute approximate surface area is 197 Å². The lowest BCUT2D eigenvalue weighted by molar-refractivity contribution is -0.137. The van der Waals surface area contributed by atoms with E-state index in [1.54, 1.807) is 23.1 Å². The third kappa shape index (κ3) is 4.73. The van der Waals surface area contributed by atoms with Gasteiger partial charge in [0.25, 0.3) is 0 Å². The number of carbonyl (C=O) groups excluding carboxylic acids is 1. The first-order valence-electron chi connectivity index (χ1n) is 10.5. The van der Waals surface area contributed by atoms with E-state index in [1.807, 2.05) is 4.90 Å². The highest BCUT2D eigenvalue weighted by Crippen LogP contribution is 2.31. The zero-order valence-corrected chi connectivity index (χ0v) is 19.7. The summed E-state index contributed by atoms with van der Waals surface area (Å²) in [7, 11) is -3.87. The molecule has 2 aromatic rings. The summed E-state index contributed by atoms with van der Waals surface area (Å²) in [6.45, 7) is 2.43. The van der Waals surface area contributed by atoms with Gasteiger partial charge in [-0.1, -0.05) is 35.3 Å². The molecular weight excluding hydrogens is 476 g/mol. The Hall–Kier alpha value is -1.87. The van der Waals surface area contributed by atoms with Crippen molar-refractivity contribution in [2.45, 2.75) is 17.7 Å². The van der Waals surface area contributed by atoms with Crippen molar-refractivity contribution in [2.24, 2.45) is 5.92 Å². The molecule has 2 aliphatic heterocycles. The molecule has 0 spiro atoms. The topological polar surface area (TPSA) is 60.9 Å². The summed E-state index contributed by atoms with van der Waals surface area (Å²) in [5.41, 5.74) is 0.535. The van der Waals surface area contributed by atoms with Gasteiger partial charge in [0, 0.05) is 44.3 Å². The fraction of sp³-hybridized carbons (Fsp3) is 0.409. The van der Waals surface area contributed by atoms with Crippen molar-refractivity contribution in [1.29, 1.82) is 0 Å². The van der Waals surface area contributed by atoms with Crippen molar-refractivity contribution in [3.63, 3.8) is 0 Å². The number of piperazine rings is 1. The molecule has 2 aromatic carbocycles. The minimum Gasteiger partial charge on any atom is -0.366 e. The molecule has 1 amide bonds. The average molecular weight is 500 g/mol. The molecule has 6 nitrogen and oxygen atoms in total. The summed E-state index contributed by atoms with van der Waals surface area (Å²) in [5.74, 6) is -0.758. The lowest BCUT2D eigenvalue weighted by Gasteiger charge is -2.39.